The number of nitrogens with zero attached hydrogens (tertiary/aromatic N) is 4. The molecule has 1 aliphatic heterocycles. The fourth-order valence-corrected chi connectivity index (χ4v) is 3.94. The average molecular weight is 349 g/mol. The predicted molar refractivity (Wildman–Crippen MR) is 81.3 cm³/mol. The first-order valence-corrected chi connectivity index (χ1v) is 9.11. The summed E-state index contributed by atoms with van der Waals surface area (Å²) in [5.74, 6) is 0. The molecule has 1 saturated heterocycles. The molecule has 2 amide bonds. The first-order chi connectivity index (χ1) is 10.3. The van der Waals surface area contributed by atoms with E-state index in [1.807, 2.05) is 6.92 Å². The molecule has 9 nitrogen and oxygen atoms in total. The largest absolute Gasteiger partial charge is 0.362 e. The smallest absolute Gasteiger partial charge is 0.325 e. The van der Waals surface area contributed by atoms with E-state index in [0.717, 1.165) is 17.8 Å². The maximum atomic E-state index is 12.2. The fraction of sp³-hybridized carbons (Fsp3) is 0.727. The molecule has 0 saturated carbocycles. The second-order valence-corrected chi connectivity index (χ2v) is 7.67. The number of hydrogen-bond donors (Lipinski definition) is 1. The third kappa shape index (κ3) is 3.72. The van der Waals surface area contributed by atoms with E-state index in [0.29, 0.717) is 19.6 Å². The molecular weight excluding hydrogens is 330 g/mol. The molecular formula is C11H19N5O4S2. The summed E-state index contributed by atoms with van der Waals surface area (Å²) in [7, 11) is -0.614. The Bertz CT molecular complexity index is 626. The van der Waals surface area contributed by atoms with Gasteiger partial charge in [0.05, 0.1) is 0 Å². The summed E-state index contributed by atoms with van der Waals surface area (Å²) in [5, 5.41) is 7.67. The molecule has 1 fully saturated rings. The van der Waals surface area contributed by atoms with Gasteiger partial charge in [0.2, 0.25) is 9.47 Å². The van der Waals surface area contributed by atoms with E-state index >= 15 is 0 Å². The second-order valence-electron chi connectivity index (χ2n) is 4.83. The third-order valence-electron chi connectivity index (χ3n) is 3.22. The van der Waals surface area contributed by atoms with Crippen LogP contribution >= 0.6 is 11.3 Å². The van der Waals surface area contributed by atoms with Crippen molar-refractivity contribution in [2.75, 3.05) is 32.1 Å². The zero-order valence-electron chi connectivity index (χ0n) is 12.6. The molecule has 0 bridgehead atoms. The van der Waals surface area contributed by atoms with Gasteiger partial charge < -0.3 is 9.64 Å². The van der Waals surface area contributed by atoms with Gasteiger partial charge in [0.25, 0.3) is 10.0 Å². The third-order valence-corrected chi connectivity index (χ3v) is 6.03. The molecule has 0 aliphatic carbocycles. The van der Waals surface area contributed by atoms with E-state index in [9.17, 15) is 13.2 Å². The lowest BCUT2D eigenvalue weighted by molar-refractivity contribution is 0.103. The molecule has 1 aromatic rings. The molecule has 0 spiro atoms. The van der Waals surface area contributed by atoms with E-state index in [-0.39, 0.29) is 15.5 Å². The molecule has 1 aliphatic rings. The molecule has 11 heteroatoms. The van der Waals surface area contributed by atoms with Crippen molar-refractivity contribution in [3.63, 3.8) is 0 Å². The lowest BCUT2D eigenvalue weighted by atomic mass is 10.3. The monoisotopic (exact) mass is 349 g/mol. The number of carbonyl (C=O) groups excluding carboxylic acids is 1. The SMILES string of the molecule is CCN(C)C(=O)N(C)c1nnc(S(=O)(=O)NC2CCCO2)s1. The van der Waals surface area contributed by atoms with Crippen LogP contribution in [0.3, 0.4) is 0 Å². The first kappa shape index (κ1) is 17.1. The van der Waals surface area contributed by atoms with Crippen LogP contribution in [0.1, 0.15) is 19.8 Å². The van der Waals surface area contributed by atoms with Crippen molar-refractivity contribution < 1.29 is 17.9 Å². The Morgan fingerprint density at radius 2 is 2.18 bits per heavy atom. The van der Waals surface area contributed by atoms with Crippen LogP contribution in [0.25, 0.3) is 0 Å². The Kier molecular flexibility index (Phi) is 5.32. The number of ether oxygens (including phenoxy) is 1. The highest BCUT2D eigenvalue weighted by atomic mass is 32.2. The summed E-state index contributed by atoms with van der Waals surface area (Å²) in [4.78, 5) is 14.8. The minimum absolute atomic E-state index is 0.184. The zero-order valence-corrected chi connectivity index (χ0v) is 14.3. The first-order valence-electron chi connectivity index (χ1n) is 6.81. The summed E-state index contributed by atoms with van der Waals surface area (Å²) in [5.41, 5.74) is 0. The number of carbonyl (C=O) groups is 1. The summed E-state index contributed by atoms with van der Waals surface area (Å²) < 4.78 is 31.9. The molecule has 124 valence electrons. The van der Waals surface area contributed by atoms with Crippen LogP contribution in [0.4, 0.5) is 9.93 Å². The van der Waals surface area contributed by atoms with Crippen molar-refractivity contribution in [2.24, 2.45) is 0 Å². The molecule has 1 atom stereocenters. The minimum atomic E-state index is -3.79. The van der Waals surface area contributed by atoms with Crippen LogP contribution in [-0.2, 0) is 14.8 Å². The normalized spacial score (nSPS) is 18.4. The molecule has 1 N–H and O–H groups in total. The number of rotatable bonds is 5. The van der Waals surface area contributed by atoms with Gasteiger partial charge in [0, 0.05) is 27.2 Å². The number of sulfonamides is 1. The van der Waals surface area contributed by atoms with Gasteiger partial charge in [-0.15, -0.1) is 10.2 Å². The van der Waals surface area contributed by atoms with Crippen molar-refractivity contribution in [3.05, 3.63) is 0 Å². The highest BCUT2D eigenvalue weighted by Crippen LogP contribution is 2.24. The van der Waals surface area contributed by atoms with Crippen molar-refractivity contribution in [1.29, 1.82) is 0 Å². The minimum Gasteiger partial charge on any atom is -0.362 e. The molecule has 22 heavy (non-hydrogen) atoms. The van der Waals surface area contributed by atoms with Gasteiger partial charge in [-0.25, -0.2) is 13.2 Å². The Balaban J connectivity index is 2.11. The number of anilines is 1. The molecule has 0 radical (unpaired) electrons. The molecule has 0 aromatic carbocycles. The standard InChI is InChI=1S/C11H19N5O4S2/c1-4-15(2)11(17)16(3)9-12-13-10(21-9)22(18,19)14-8-6-5-7-20-8/h8,14H,4-7H2,1-3H3. The van der Waals surface area contributed by atoms with Crippen molar-refractivity contribution in [2.45, 2.75) is 30.3 Å². The van der Waals surface area contributed by atoms with Crippen LogP contribution in [0, 0.1) is 0 Å². The molecule has 2 rings (SSSR count). The van der Waals surface area contributed by atoms with E-state index in [2.05, 4.69) is 14.9 Å². The van der Waals surface area contributed by atoms with Crippen molar-refractivity contribution >= 4 is 32.5 Å². The number of hydrogen-bond acceptors (Lipinski definition) is 7. The van der Waals surface area contributed by atoms with Crippen LogP contribution in [-0.4, -0.2) is 63.0 Å². The van der Waals surface area contributed by atoms with Gasteiger partial charge in [-0.1, -0.05) is 11.3 Å². The number of aromatic nitrogens is 2. The molecule has 1 unspecified atom stereocenters. The zero-order chi connectivity index (χ0) is 16.3. The molecule has 2 heterocycles. The fourth-order valence-electron chi connectivity index (χ4n) is 1.81. The van der Waals surface area contributed by atoms with E-state index in [4.69, 9.17) is 4.74 Å². The van der Waals surface area contributed by atoms with E-state index < -0.39 is 16.3 Å². The maximum Gasteiger partial charge on any atom is 0.325 e. The Labute approximate surface area is 133 Å². The Hall–Kier alpha value is -1.30. The van der Waals surface area contributed by atoms with E-state index in [1.54, 1.807) is 7.05 Å². The van der Waals surface area contributed by atoms with Crippen LogP contribution in [0.2, 0.25) is 0 Å². The van der Waals surface area contributed by atoms with E-state index in [1.165, 1.54) is 16.8 Å². The summed E-state index contributed by atoms with van der Waals surface area (Å²) in [6.07, 6.45) is 0.919. The average Bonchev–Trinajstić information content (AvgIpc) is 3.15. The second kappa shape index (κ2) is 6.86. The number of nitrogens with one attached hydrogen (secondary N) is 1. The van der Waals surface area contributed by atoms with Gasteiger partial charge in [0.1, 0.15) is 6.23 Å². The van der Waals surface area contributed by atoms with Crippen molar-refractivity contribution in [3.8, 4) is 0 Å². The summed E-state index contributed by atoms with van der Waals surface area (Å²) in [6.45, 7) is 2.91. The van der Waals surface area contributed by atoms with Crippen molar-refractivity contribution in [1.82, 2.24) is 19.8 Å². The maximum absolute atomic E-state index is 12.2. The summed E-state index contributed by atoms with van der Waals surface area (Å²) in [6, 6.07) is -0.283. The number of amides is 2. The lowest BCUT2D eigenvalue weighted by Crippen LogP contribution is -2.38. The summed E-state index contributed by atoms with van der Waals surface area (Å²) >= 11 is 0.838. The van der Waals surface area contributed by atoms with Gasteiger partial charge in [0.15, 0.2) is 0 Å². The Morgan fingerprint density at radius 1 is 1.45 bits per heavy atom. The predicted octanol–water partition coefficient (Wildman–Crippen LogP) is 0.461. The van der Waals surface area contributed by atoms with Gasteiger partial charge in [-0.2, -0.15) is 4.72 Å². The quantitative estimate of drug-likeness (QED) is 0.775. The molecule has 1 aromatic heterocycles. The number of urea groups is 1. The highest BCUT2D eigenvalue weighted by Gasteiger charge is 2.28. The highest BCUT2D eigenvalue weighted by molar-refractivity contribution is 7.91. The topological polar surface area (TPSA) is 105 Å². The van der Waals surface area contributed by atoms with Crippen LogP contribution in [0.15, 0.2) is 4.34 Å². The van der Waals surface area contributed by atoms with Gasteiger partial charge in [-0.05, 0) is 19.8 Å². The van der Waals surface area contributed by atoms with Gasteiger partial charge in [-0.3, -0.25) is 4.90 Å². The Morgan fingerprint density at radius 3 is 2.77 bits per heavy atom. The van der Waals surface area contributed by atoms with Gasteiger partial charge >= 0.3 is 6.03 Å². The van der Waals surface area contributed by atoms with Crippen LogP contribution < -0.4 is 9.62 Å². The lowest BCUT2D eigenvalue weighted by Gasteiger charge is -2.20. The van der Waals surface area contributed by atoms with Crippen LogP contribution in [0.5, 0.6) is 0 Å².